The Morgan fingerprint density at radius 3 is 3.00 bits per heavy atom. The molecule has 1 aromatic heterocycles. The summed E-state index contributed by atoms with van der Waals surface area (Å²) in [5.41, 5.74) is -0.0654. The van der Waals surface area contributed by atoms with Gasteiger partial charge in [-0.25, -0.2) is 14.8 Å². The van der Waals surface area contributed by atoms with E-state index >= 15 is 0 Å². The van der Waals surface area contributed by atoms with Gasteiger partial charge in [0.25, 0.3) is 0 Å². The van der Waals surface area contributed by atoms with Gasteiger partial charge in [0.05, 0.1) is 6.61 Å². The van der Waals surface area contributed by atoms with E-state index in [1.54, 1.807) is 6.92 Å². The van der Waals surface area contributed by atoms with Crippen molar-refractivity contribution in [1.82, 2.24) is 9.97 Å². The van der Waals surface area contributed by atoms with Gasteiger partial charge in [-0.05, 0) is 6.92 Å². The lowest BCUT2D eigenvalue weighted by atomic mass is 10.4. The lowest BCUT2D eigenvalue weighted by molar-refractivity contribution is 0.0518. The second kappa shape index (κ2) is 3.75. The molecule has 0 atom stereocenters. The zero-order valence-corrected chi connectivity index (χ0v) is 6.45. The lowest BCUT2D eigenvalue weighted by Gasteiger charge is -1.98. The Morgan fingerprint density at radius 2 is 2.42 bits per heavy atom. The van der Waals surface area contributed by atoms with Gasteiger partial charge in [-0.3, -0.25) is 0 Å². The summed E-state index contributed by atoms with van der Waals surface area (Å²) in [7, 11) is 0. The van der Waals surface area contributed by atoms with Gasteiger partial charge in [-0.15, -0.1) is 0 Å². The number of ether oxygens (including phenoxy) is 1. The van der Waals surface area contributed by atoms with Gasteiger partial charge in [0.2, 0.25) is 5.95 Å². The minimum Gasteiger partial charge on any atom is -0.461 e. The Kier molecular flexibility index (Phi) is 2.68. The van der Waals surface area contributed by atoms with Crippen LogP contribution < -0.4 is 0 Å². The molecule has 4 nitrogen and oxygen atoms in total. The Balaban J connectivity index is 2.81. The first kappa shape index (κ1) is 8.58. The Bertz CT molecular complexity index is 290. The van der Waals surface area contributed by atoms with E-state index in [1.165, 1.54) is 0 Å². The monoisotopic (exact) mass is 170 g/mol. The smallest absolute Gasteiger partial charge is 0.357 e. The molecule has 0 saturated heterocycles. The van der Waals surface area contributed by atoms with Gasteiger partial charge in [-0.2, -0.15) is 4.39 Å². The van der Waals surface area contributed by atoms with Crippen molar-refractivity contribution in [2.45, 2.75) is 6.92 Å². The maximum Gasteiger partial charge on any atom is 0.357 e. The van der Waals surface area contributed by atoms with Crippen LogP contribution in [0.1, 0.15) is 17.4 Å². The van der Waals surface area contributed by atoms with E-state index in [2.05, 4.69) is 14.7 Å². The fourth-order valence-corrected chi connectivity index (χ4v) is 0.650. The molecule has 1 aromatic rings. The summed E-state index contributed by atoms with van der Waals surface area (Å²) < 4.78 is 17.0. The maximum absolute atomic E-state index is 12.4. The van der Waals surface area contributed by atoms with Crippen LogP contribution in [-0.2, 0) is 4.74 Å². The summed E-state index contributed by atoms with van der Waals surface area (Å²) in [6, 6.07) is 0.929. The summed E-state index contributed by atoms with van der Waals surface area (Å²) in [4.78, 5) is 17.6. The van der Waals surface area contributed by atoms with E-state index in [0.29, 0.717) is 0 Å². The number of esters is 1. The molecule has 0 aliphatic heterocycles. The summed E-state index contributed by atoms with van der Waals surface area (Å²) in [6.45, 7) is 1.90. The average Bonchev–Trinajstić information content (AvgIpc) is 2.05. The fraction of sp³-hybridized carbons (Fsp3) is 0.286. The third-order valence-corrected chi connectivity index (χ3v) is 1.12. The van der Waals surface area contributed by atoms with Crippen LogP contribution in [0.5, 0.6) is 0 Å². The molecule has 0 unspecified atom stereocenters. The number of hydrogen-bond donors (Lipinski definition) is 0. The standard InChI is InChI=1S/C7H7FN2O2/c1-2-12-7(11)5-3-6(8)10-4-9-5/h3-4H,2H2,1H3. The highest BCUT2D eigenvalue weighted by Gasteiger charge is 2.08. The molecule has 0 N–H and O–H groups in total. The largest absolute Gasteiger partial charge is 0.461 e. The number of carbonyl (C=O) groups is 1. The van der Waals surface area contributed by atoms with Crippen molar-refractivity contribution in [3.63, 3.8) is 0 Å². The highest BCUT2D eigenvalue weighted by atomic mass is 19.1. The first-order chi connectivity index (χ1) is 5.74. The van der Waals surface area contributed by atoms with Gasteiger partial charge in [-0.1, -0.05) is 0 Å². The third kappa shape index (κ3) is 1.98. The molecule has 0 spiro atoms. The Morgan fingerprint density at radius 1 is 1.67 bits per heavy atom. The van der Waals surface area contributed by atoms with Gasteiger partial charge in [0.1, 0.15) is 6.33 Å². The molecule has 0 saturated carbocycles. The van der Waals surface area contributed by atoms with Gasteiger partial charge >= 0.3 is 5.97 Å². The Labute approximate surface area is 68.4 Å². The molecule has 12 heavy (non-hydrogen) atoms. The summed E-state index contributed by atoms with van der Waals surface area (Å²) in [5.74, 6) is -1.38. The van der Waals surface area contributed by atoms with Crippen LogP contribution in [0.15, 0.2) is 12.4 Å². The number of rotatable bonds is 2. The molecule has 0 aliphatic carbocycles. The van der Waals surface area contributed by atoms with Crippen molar-refractivity contribution in [2.75, 3.05) is 6.61 Å². The van der Waals surface area contributed by atoms with Gasteiger partial charge in [0.15, 0.2) is 5.69 Å². The SMILES string of the molecule is CCOC(=O)c1cc(F)ncn1. The zero-order valence-electron chi connectivity index (χ0n) is 6.45. The van der Waals surface area contributed by atoms with Crippen LogP contribution in [0.3, 0.4) is 0 Å². The number of nitrogens with zero attached hydrogens (tertiary/aromatic N) is 2. The van der Waals surface area contributed by atoms with Crippen molar-refractivity contribution < 1.29 is 13.9 Å². The summed E-state index contributed by atoms with van der Waals surface area (Å²) >= 11 is 0. The molecule has 0 amide bonds. The normalized spacial score (nSPS) is 9.50. The summed E-state index contributed by atoms with van der Waals surface area (Å²) in [6.07, 6.45) is 0.974. The van der Waals surface area contributed by atoms with Crippen molar-refractivity contribution in [3.05, 3.63) is 24.0 Å². The number of hydrogen-bond acceptors (Lipinski definition) is 4. The highest BCUT2D eigenvalue weighted by Crippen LogP contribution is 1.98. The van der Waals surface area contributed by atoms with E-state index in [4.69, 9.17) is 0 Å². The topological polar surface area (TPSA) is 52.1 Å². The van der Waals surface area contributed by atoms with Crippen LogP contribution in [0, 0.1) is 5.95 Å². The van der Waals surface area contributed by atoms with E-state index in [1.807, 2.05) is 0 Å². The average molecular weight is 170 g/mol. The van der Waals surface area contributed by atoms with Gasteiger partial charge < -0.3 is 4.74 Å². The number of halogens is 1. The minimum absolute atomic E-state index is 0.0654. The van der Waals surface area contributed by atoms with Crippen LogP contribution in [-0.4, -0.2) is 22.5 Å². The lowest BCUT2D eigenvalue weighted by Crippen LogP contribution is -2.07. The first-order valence-corrected chi connectivity index (χ1v) is 3.38. The fourth-order valence-electron chi connectivity index (χ4n) is 0.650. The molecule has 64 valence electrons. The number of aromatic nitrogens is 2. The highest BCUT2D eigenvalue weighted by molar-refractivity contribution is 5.86. The van der Waals surface area contributed by atoms with E-state index in [9.17, 15) is 9.18 Å². The molecule has 0 aromatic carbocycles. The molecule has 0 bridgehead atoms. The molecule has 1 rings (SSSR count). The molecule has 0 radical (unpaired) electrons. The molecule has 5 heteroatoms. The second-order valence-electron chi connectivity index (χ2n) is 1.95. The maximum atomic E-state index is 12.4. The second-order valence-corrected chi connectivity index (χ2v) is 1.95. The van der Waals surface area contributed by atoms with Crippen molar-refractivity contribution in [3.8, 4) is 0 Å². The van der Waals surface area contributed by atoms with Gasteiger partial charge in [0, 0.05) is 6.07 Å². The van der Waals surface area contributed by atoms with Crippen LogP contribution in [0.2, 0.25) is 0 Å². The Hall–Kier alpha value is -1.52. The molecule has 0 aliphatic rings. The number of carbonyl (C=O) groups excluding carboxylic acids is 1. The molecule has 1 heterocycles. The van der Waals surface area contributed by atoms with Crippen molar-refractivity contribution in [2.24, 2.45) is 0 Å². The van der Waals surface area contributed by atoms with Crippen molar-refractivity contribution in [1.29, 1.82) is 0 Å². The molecular formula is C7H7FN2O2. The van der Waals surface area contributed by atoms with E-state index in [-0.39, 0.29) is 12.3 Å². The van der Waals surface area contributed by atoms with E-state index < -0.39 is 11.9 Å². The van der Waals surface area contributed by atoms with Crippen LogP contribution in [0.4, 0.5) is 4.39 Å². The van der Waals surface area contributed by atoms with Crippen molar-refractivity contribution >= 4 is 5.97 Å². The third-order valence-electron chi connectivity index (χ3n) is 1.12. The molecule has 0 fully saturated rings. The predicted molar refractivity (Wildman–Crippen MR) is 37.9 cm³/mol. The predicted octanol–water partition coefficient (Wildman–Crippen LogP) is 0.792. The van der Waals surface area contributed by atoms with E-state index in [0.717, 1.165) is 12.4 Å². The quantitative estimate of drug-likeness (QED) is 0.486. The van der Waals surface area contributed by atoms with Crippen LogP contribution in [0.25, 0.3) is 0 Å². The summed E-state index contributed by atoms with van der Waals surface area (Å²) in [5, 5.41) is 0. The zero-order chi connectivity index (χ0) is 8.97. The van der Waals surface area contributed by atoms with Crippen LogP contribution >= 0.6 is 0 Å². The molecular weight excluding hydrogens is 163 g/mol. The first-order valence-electron chi connectivity index (χ1n) is 3.38. The minimum atomic E-state index is -0.743.